The fourth-order valence-corrected chi connectivity index (χ4v) is 3.81. The van der Waals surface area contributed by atoms with Crippen LogP contribution in [-0.4, -0.2) is 40.1 Å². The van der Waals surface area contributed by atoms with Gasteiger partial charge in [0.25, 0.3) is 5.91 Å². The van der Waals surface area contributed by atoms with Crippen LogP contribution in [0, 0.1) is 17.2 Å². The van der Waals surface area contributed by atoms with Gasteiger partial charge in [0.2, 0.25) is 5.78 Å². The first kappa shape index (κ1) is 21.4. The van der Waals surface area contributed by atoms with E-state index in [0.717, 1.165) is 5.56 Å². The van der Waals surface area contributed by atoms with E-state index in [2.05, 4.69) is 13.8 Å². The van der Waals surface area contributed by atoms with E-state index in [4.69, 9.17) is 5.26 Å². The van der Waals surface area contributed by atoms with Gasteiger partial charge in [-0.25, -0.2) is 0 Å². The molecule has 30 heavy (non-hydrogen) atoms. The number of benzene rings is 2. The average molecular weight is 404 g/mol. The van der Waals surface area contributed by atoms with Crippen molar-refractivity contribution in [3.8, 4) is 6.07 Å². The van der Waals surface area contributed by atoms with E-state index in [-0.39, 0.29) is 12.1 Å². The van der Waals surface area contributed by atoms with Gasteiger partial charge in [0.05, 0.1) is 23.8 Å². The minimum absolute atomic E-state index is 0.0433. The van der Waals surface area contributed by atoms with Gasteiger partial charge in [0, 0.05) is 12.1 Å². The second-order valence-corrected chi connectivity index (χ2v) is 7.97. The number of rotatable bonds is 6. The molecule has 1 saturated heterocycles. The number of amides is 1. The fraction of sp³-hybridized carbons (Fsp3) is 0.333. The Morgan fingerprint density at radius 2 is 1.67 bits per heavy atom. The predicted octanol–water partition coefficient (Wildman–Crippen LogP) is 3.01. The zero-order valence-corrected chi connectivity index (χ0v) is 17.2. The van der Waals surface area contributed by atoms with Crippen molar-refractivity contribution >= 4 is 17.5 Å². The molecule has 0 radical (unpaired) electrons. The van der Waals surface area contributed by atoms with Crippen molar-refractivity contribution in [3.05, 3.63) is 70.8 Å². The second-order valence-electron chi connectivity index (χ2n) is 7.97. The quantitative estimate of drug-likeness (QED) is 0.453. The van der Waals surface area contributed by atoms with E-state index >= 15 is 0 Å². The van der Waals surface area contributed by atoms with E-state index in [1.54, 1.807) is 0 Å². The molecule has 3 unspecified atom stereocenters. The van der Waals surface area contributed by atoms with Crippen molar-refractivity contribution in [1.29, 1.82) is 5.26 Å². The van der Waals surface area contributed by atoms with E-state index in [9.17, 15) is 19.5 Å². The van der Waals surface area contributed by atoms with Gasteiger partial charge in [0.15, 0.2) is 5.78 Å². The van der Waals surface area contributed by atoms with Gasteiger partial charge in [-0.1, -0.05) is 50.2 Å². The monoisotopic (exact) mass is 404 g/mol. The number of aliphatic hydroxyl groups excluding tert-OH is 1. The second kappa shape index (κ2) is 8.60. The summed E-state index contributed by atoms with van der Waals surface area (Å²) in [6, 6.07) is 14.7. The molecule has 6 heteroatoms. The van der Waals surface area contributed by atoms with Crippen molar-refractivity contribution in [2.24, 2.45) is 5.92 Å². The molecule has 1 N–H and O–H groups in total. The summed E-state index contributed by atoms with van der Waals surface area (Å²) in [7, 11) is 0. The third-order valence-electron chi connectivity index (χ3n) is 5.39. The first-order chi connectivity index (χ1) is 14.2. The molecule has 154 valence electrons. The van der Waals surface area contributed by atoms with Crippen LogP contribution in [0.1, 0.15) is 59.8 Å². The van der Waals surface area contributed by atoms with Gasteiger partial charge >= 0.3 is 0 Å². The first-order valence-electron chi connectivity index (χ1n) is 9.91. The molecule has 6 nitrogen and oxygen atoms in total. The summed E-state index contributed by atoms with van der Waals surface area (Å²) < 4.78 is 0. The third-order valence-corrected chi connectivity index (χ3v) is 5.39. The molecular weight excluding hydrogens is 380 g/mol. The molecule has 3 atom stereocenters. The Morgan fingerprint density at radius 1 is 1.07 bits per heavy atom. The lowest BCUT2D eigenvalue weighted by Crippen LogP contribution is -2.36. The molecule has 0 aromatic heterocycles. The molecule has 0 saturated carbocycles. The number of Topliss-reactive ketones (excluding diaryl/α,β-unsaturated/α-hetero) is 2. The maximum atomic E-state index is 13.2. The zero-order chi connectivity index (χ0) is 22.0. The number of likely N-dealkylation sites (tertiary alicyclic amines) is 1. The Kier molecular flexibility index (Phi) is 6.14. The summed E-state index contributed by atoms with van der Waals surface area (Å²) in [4.78, 5) is 40.1. The number of aliphatic hydroxyl groups is 1. The Bertz CT molecular complexity index is 1000. The minimum Gasteiger partial charge on any atom is -0.392 e. The SMILES string of the molecule is CC(O)CN1C(=O)C(=O)C(C(=O)c2ccc(C#N)cc2)C1c1ccc(C(C)C)cc1. The van der Waals surface area contributed by atoms with Gasteiger partial charge in [-0.3, -0.25) is 14.4 Å². The van der Waals surface area contributed by atoms with Gasteiger partial charge in [-0.05, 0) is 36.1 Å². The molecular formula is C24H24N2O4. The summed E-state index contributed by atoms with van der Waals surface area (Å²) in [6.45, 7) is 5.62. The summed E-state index contributed by atoms with van der Waals surface area (Å²) >= 11 is 0. The molecule has 2 aromatic carbocycles. The lowest BCUT2D eigenvalue weighted by molar-refractivity contribution is -0.141. The molecule has 0 spiro atoms. The van der Waals surface area contributed by atoms with Crippen LogP contribution in [0.25, 0.3) is 0 Å². The van der Waals surface area contributed by atoms with E-state index in [1.165, 1.54) is 36.1 Å². The zero-order valence-electron chi connectivity index (χ0n) is 17.2. The summed E-state index contributed by atoms with van der Waals surface area (Å²) in [5.74, 6) is -2.89. The molecule has 1 fully saturated rings. The Morgan fingerprint density at radius 3 is 2.17 bits per heavy atom. The van der Waals surface area contributed by atoms with Crippen LogP contribution in [0.2, 0.25) is 0 Å². The Balaban J connectivity index is 2.05. The van der Waals surface area contributed by atoms with Crippen LogP contribution in [0.3, 0.4) is 0 Å². The standard InChI is InChI=1S/C24H24N2O4/c1-14(2)17-8-10-18(11-9-17)21-20(23(29)24(30)26(21)13-15(3)27)22(28)19-6-4-16(12-25)5-7-19/h4-11,14-15,20-21,27H,13H2,1-3H3. The van der Waals surface area contributed by atoms with Gasteiger partial charge in [-0.15, -0.1) is 0 Å². The van der Waals surface area contributed by atoms with Gasteiger partial charge in [-0.2, -0.15) is 5.26 Å². The molecule has 2 aromatic rings. The highest BCUT2D eigenvalue weighted by molar-refractivity contribution is 6.44. The highest BCUT2D eigenvalue weighted by Crippen LogP contribution is 2.38. The lowest BCUT2D eigenvalue weighted by Gasteiger charge is -2.28. The summed E-state index contributed by atoms with van der Waals surface area (Å²) in [5.41, 5.74) is 2.44. The molecule has 1 aliphatic rings. The van der Waals surface area contributed by atoms with Gasteiger partial charge < -0.3 is 10.0 Å². The normalized spacial score (nSPS) is 19.8. The number of carbonyl (C=O) groups is 3. The van der Waals surface area contributed by atoms with Crippen molar-refractivity contribution < 1.29 is 19.5 Å². The summed E-state index contributed by atoms with van der Waals surface area (Å²) in [6.07, 6.45) is -0.844. The van der Waals surface area contributed by atoms with Crippen molar-refractivity contribution in [2.75, 3.05) is 6.54 Å². The van der Waals surface area contributed by atoms with Crippen LogP contribution >= 0.6 is 0 Å². The van der Waals surface area contributed by atoms with Crippen molar-refractivity contribution in [2.45, 2.75) is 38.8 Å². The smallest absolute Gasteiger partial charge is 0.291 e. The third kappa shape index (κ3) is 4.03. The highest BCUT2D eigenvalue weighted by Gasteiger charge is 2.51. The van der Waals surface area contributed by atoms with E-state index < -0.39 is 35.5 Å². The molecule has 3 rings (SSSR count). The molecule has 0 bridgehead atoms. The highest BCUT2D eigenvalue weighted by atomic mass is 16.3. The number of nitrogens with zero attached hydrogens (tertiary/aromatic N) is 2. The van der Waals surface area contributed by atoms with Gasteiger partial charge in [0.1, 0.15) is 5.92 Å². The summed E-state index contributed by atoms with van der Waals surface area (Å²) in [5, 5.41) is 18.8. The predicted molar refractivity (Wildman–Crippen MR) is 111 cm³/mol. The molecule has 0 aliphatic carbocycles. The number of nitriles is 1. The number of carbonyl (C=O) groups excluding carboxylic acids is 3. The lowest BCUT2D eigenvalue weighted by atomic mass is 9.85. The van der Waals surface area contributed by atoms with Crippen LogP contribution in [0.4, 0.5) is 0 Å². The van der Waals surface area contributed by atoms with Crippen molar-refractivity contribution in [3.63, 3.8) is 0 Å². The molecule has 1 aliphatic heterocycles. The number of β-amino-alcohol motifs (C(OH)–C–C–N with tert-alkyl or cyclic N) is 1. The Hall–Kier alpha value is -3.30. The minimum atomic E-state index is -1.20. The Labute approximate surface area is 175 Å². The fourth-order valence-electron chi connectivity index (χ4n) is 3.81. The first-order valence-corrected chi connectivity index (χ1v) is 9.91. The topological polar surface area (TPSA) is 98.5 Å². The van der Waals surface area contributed by atoms with E-state index in [0.29, 0.717) is 17.0 Å². The van der Waals surface area contributed by atoms with Crippen molar-refractivity contribution in [1.82, 2.24) is 4.90 Å². The molecule has 1 heterocycles. The van der Waals surface area contributed by atoms with E-state index in [1.807, 2.05) is 30.3 Å². The average Bonchev–Trinajstić information content (AvgIpc) is 2.97. The van der Waals surface area contributed by atoms with Crippen LogP contribution < -0.4 is 0 Å². The maximum Gasteiger partial charge on any atom is 0.291 e. The van der Waals surface area contributed by atoms with Crippen LogP contribution in [0.5, 0.6) is 0 Å². The van der Waals surface area contributed by atoms with Crippen LogP contribution in [-0.2, 0) is 9.59 Å². The molecule has 1 amide bonds. The number of hydrogen-bond donors (Lipinski definition) is 1. The number of hydrogen-bond acceptors (Lipinski definition) is 5. The maximum absolute atomic E-state index is 13.2. The number of ketones is 2. The van der Waals surface area contributed by atoms with Crippen LogP contribution in [0.15, 0.2) is 48.5 Å². The largest absolute Gasteiger partial charge is 0.392 e.